The maximum absolute atomic E-state index is 5.23. The molecule has 1 aromatic carbocycles. The first kappa shape index (κ1) is 10.7. The quantitative estimate of drug-likeness (QED) is 0.702. The summed E-state index contributed by atoms with van der Waals surface area (Å²) in [7, 11) is 0. The van der Waals surface area contributed by atoms with E-state index in [1.165, 1.54) is 0 Å². The van der Waals surface area contributed by atoms with Crippen molar-refractivity contribution in [2.75, 3.05) is 0 Å². The summed E-state index contributed by atoms with van der Waals surface area (Å²) in [6, 6.07) is 13.7. The Kier molecular flexibility index (Phi) is 2.84. The van der Waals surface area contributed by atoms with Crippen molar-refractivity contribution in [1.82, 2.24) is 15.1 Å². The lowest BCUT2D eigenvalue weighted by molar-refractivity contribution is 0.385. The number of rotatable bonds is 3. The van der Waals surface area contributed by atoms with Crippen molar-refractivity contribution >= 4 is 0 Å². The smallest absolute Gasteiger partial charge is 0.231 e. The Labute approximate surface area is 104 Å². The van der Waals surface area contributed by atoms with Gasteiger partial charge in [0.05, 0.1) is 6.42 Å². The van der Waals surface area contributed by atoms with E-state index in [1.54, 1.807) is 12.4 Å². The monoisotopic (exact) mass is 237 g/mol. The van der Waals surface area contributed by atoms with Crippen molar-refractivity contribution in [2.24, 2.45) is 0 Å². The van der Waals surface area contributed by atoms with Gasteiger partial charge in [0.25, 0.3) is 0 Å². The third kappa shape index (κ3) is 2.27. The standard InChI is InChI=1S/C14H11N3O/c1-2-6-12(7-3-1)14-16-13(18-17-14)9-11-5-4-8-15-10-11/h1-8,10H,9H2. The van der Waals surface area contributed by atoms with Crippen LogP contribution in [-0.2, 0) is 6.42 Å². The van der Waals surface area contributed by atoms with Crippen LogP contribution in [0.25, 0.3) is 11.4 Å². The molecular formula is C14H11N3O. The zero-order valence-electron chi connectivity index (χ0n) is 9.65. The molecule has 2 aromatic heterocycles. The van der Waals surface area contributed by atoms with Crippen LogP contribution in [0.1, 0.15) is 11.5 Å². The summed E-state index contributed by atoms with van der Waals surface area (Å²) >= 11 is 0. The highest BCUT2D eigenvalue weighted by atomic mass is 16.5. The van der Waals surface area contributed by atoms with Crippen molar-refractivity contribution < 1.29 is 4.52 Å². The fourth-order valence-corrected chi connectivity index (χ4v) is 1.71. The summed E-state index contributed by atoms with van der Waals surface area (Å²) < 4.78 is 5.23. The molecule has 0 fully saturated rings. The Bertz CT molecular complexity index is 620. The minimum absolute atomic E-state index is 0.599. The first-order valence-corrected chi connectivity index (χ1v) is 5.69. The van der Waals surface area contributed by atoms with Crippen molar-refractivity contribution in [1.29, 1.82) is 0 Å². The lowest BCUT2D eigenvalue weighted by Gasteiger charge is -1.93. The van der Waals surface area contributed by atoms with Gasteiger partial charge in [0, 0.05) is 18.0 Å². The molecule has 0 unspecified atom stereocenters. The van der Waals surface area contributed by atoms with Crippen molar-refractivity contribution in [3.05, 3.63) is 66.3 Å². The van der Waals surface area contributed by atoms with Gasteiger partial charge in [-0.25, -0.2) is 0 Å². The molecule has 3 rings (SSSR count). The average Bonchev–Trinajstić information content (AvgIpc) is 2.89. The third-order valence-corrected chi connectivity index (χ3v) is 2.58. The minimum atomic E-state index is 0.599. The van der Waals surface area contributed by atoms with Crippen LogP contribution in [-0.4, -0.2) is 15.1 Å². The second-order valence-electron chi connectivity index (χ2n) is 3.92. The van der Waals surface area contributed by atoms with Gasteiger partial charge in [-0.3, -0.25) is 4.98 Å². The highest BCUT2D eigenvalue weighted by Gasteiger charge is 2.08. The largest absolute Gasteiger partial charge is 0.339 e. The van der Waals surface area contributed by atoms with Gasteiger partial charge in [-0.1, -0.05) is 41.6 Å². The van der Waals surface area contributed by atoms with Crippen LogP contribution in [0.4, 0.5) is 0 Å². The van der Waals surface area contributed by atoms with Gasteiger partial charge in [0.1, 0.15) is 0 Å². The van der Waals surface area contributed by atoms with E-state index in [2.05, 4.69) is 15.1 Å². The van der Waals surface area contributed by atoms with Crippen molar-refractivity contribution in [2.45, 2.75) is 6.42 Å². The molecule has 3 aromatic rings. The number of hydrogen-bond acceptors (Lipinski definition) is 4. The van der Waals surface area contributed by atoms with Crippen LogP contribution >= 0.6 is 0 Å². The van der Waals surface area contributed by atoms with E-state index in [9.17, 15) is 0 Å². The molecule has 0 N–H and O–H groups in total. The van der Waals surface area contributed by atoms with Gasteiger partial charge in [-0.05, 0) is 11.6 Å². The molecule has 4 nitrogen and oxygen atoms in total. The summed E-state index contributed by atoms with van der Waals surface area (Å²) in [5, 5.41) is 3.98. The van der Waals surface area contributed by atoms with Crippen LogP contribution in [0.2, 0.25) is 0 Å². The third-order valence-electron chi connectivity index (χ3n) is 2.58. The van der Waals surface area contributed by atoms with Gasteiger partial charge < -0.3 is 4.52 Å². The Morgan fingerprint density at radius 2 is 1.89 bits per heavy atom. The molecule has 0 radical (unpaired) electrons. The zero-order valence-corrected chi connectivity index (χ0v) is 9.65. The van der Waals surface area contributed by atoms with E-state index in [1.807, 2.05) is 42.5 Å². The average molecular weight is 237 g/mol. The van der Waals surface area contributed by atoms with Crippen molar-refractivity contribution in [3.8, 4) is 11.4 Å². The molecule has 0 aliphatic rings. The number of benzene rings is 1. The van der Waals surface area contributed by atoms with Crippen LogP contribution in [0.3, 0.4) is 0 Å². The number of pyridine rings is 1. The van der Waals surface area contributed by atoms with Crippen LogP contribution < -0.4 is 0 Å². The molecule has 0 atom stereocenters. The van der Waals surface area contributed by atoms with Gasteiger partial charge >= 0.3 is 0 Å². The van der Waals surface area contributed by atoms with E-state index >= 15 is 0 Å². The van der Waals surface area contributed by atoms with E-state index in [0.717, 1.165) is 11.1 Å². The Hall–Kier alpha value is -2.49. The normalized spacial score (nSPS) is 10.4. The molecule has 18 heavy (non-hydrogen) atoms. The van der Waals surface area contributed by atoms with E-state index in [4.69, 9.17) is 4.52 Å². The molecule has 0 saturated heterocycles. The highest BCUT2D eigenvalue weighted by molar-refractivity contribution is 5.53. The topological polar surface area (TPSA) is 51.8 Å². The predicted octanol–water partition coefficient (Wildman–Crippen LogP) is 2.72. The molecule has 0 amide bonds. The molecule has 4 heteroatoms. The second kappa shape index (κ2) is 4.79. The molecule has 0 aliphatic carbocycles. The SMILES string of the molecule is c1ccc(-c2noc(Cc3cccnc3)n2)cc1. The summed E-state index contributed by atoms with van der Waals surface area (Å²) in [5.74, 6) is 1.22. The van der Waals surface area contributed by atoms with Crippen LogP contribution in [0.5, 0.6) is 0 Å². The molecule has 2 heterocycles. The highest BCUT2D eigenvalue weighted by Crippen LogP contribution is 2.16. The summed E-state index contributed by atoms with van der Waals surface area (Å²) in [6.07, 6.45) is 4.15. The van der Waals surface area contributed by atoms with Gasteiger partial charge in [0.2, 0.25) is 11.7 Å². The Morgan fingerprint density at radius 1 is 1.00 bits per heavy atom. The minimum Gasteiger partial charge on any atom is -0.339 e. The predicted molar refractivity (Wildman–Crippen MR) is 66.8 cm³/mol. The van der Waals surface area contributed by atoms with Crippen molar-refractivity contribution in [3.63, 3.8) is 0 Å². The van der Waals surface area contributed by atoms with Gasteiger partial charge in [-0.15, -0.1) is 0 Å². The number of nitrogens with zero attached hydrogens (tertiary/aromatic N) is 3. The Morgan fingerprint density at radius 3 is 2.67 bits per heavy atom. The lowest BCUT2D eigenvalue weighted by atomic mass is 10.2. The molecule has 0 aliphatic heterocycles. The Balaban J connectivity index is 1.82. The molecular weight excluding hydrogens is 226 g/mol. The molecule has 0 saturated carbocycles. The molecule has 88 valence electrons. The number of aromatic nitrogens is 3. The fourth-order valence-electron chi connectivity index (χ4n) is 1.71. The summed E-state index contributed by atoms with van der Waals surface area (Å²) in [6.45, 7) is 0. The lowest BCUT2D eigenvalue weighted by Crippen LogP contribution is -1.89. The van der Waals surface area contributed by atoms with E-state index in [0.29, 0.717) is 18.1 Å². The van der Waals surface area contributed by atoms with Crippen LogP contribution in [0.15, 0.2) is 59.4 Å². The van der Waals surface area contributed by atoms with Gasteiger partial charge in [0.15, 0.2) is 0 Å². The molecule has 0 bridgehead atoms. The molecule has 0 spiro atoms. The maximum Gasteiger partial charge on any atom is 0.231 e. The first-order valence-electron chi connectivity index (χ1n) is 5.69. The first-order chi connectivity index (χ1) is 8.92. The maximum atomic E-state index is 5.23. The zero-order chi connectivity index (χ0) is 12.2. The second-order valence-corrected chi connectivity index (χ2v) is 3.92. The number of hydrogen-bond donors (Lipinski definition) is 0. The summed E-state index contributed by atoms with van der Waals surface area (Å²) in [5.41, 5.74) is 2.01. The van der Waals surface area contributed by atoms with E-state index < -0.39 is 0 Å². The summed E-state index contributed by atoms with van der Waals surface area (Å²) in [4.78, 5) is 8.43. The fraction of sp³-hybridized carbons (Fsp3) is 0.0714. The van der Waals surface area contributed by atoms with Crippen LogP contribution in [0, 0.1) is 0 Å². The van der Waals surface area contributed by atoms with Gasteiger partial charge in [-0.2, -0.15) is 4.98 Å². The van der Waals surface area contributed by atoms with E-state index in [-0.39, 0.29) is 0 Å².